The molecule has 7 heteroatoms. The van der Waals surface area contributed by atoms with Gasteiger partial charge in [0.1, 0.15) is 11.4 Å². The molecule has 2 aliphatic carbocycles. The lowest BCUT2D eigenvalue weighted by Crippen LogP contribution is -2.62. The van der Waals surface area contributed by atoms with Crippen molar-refractivity contribution in [3.63, 3.8) is 0 Å². The molecule has 1 aromatic heterocycles. The van der Waals surface area contributed by atoms with Gasteiger partial charge >= 0.3 is 6.03 Å². The highest BCUT2D eigenvalue weighted by molar-refractivity contribution is 6.31. The van der Waals surface area contributed by atoms with Crippen LogP contribution < -0.4 is 0 Å². The van der Waals surface area contributed by atoms with Crippen molar-refractivity contribution in [2.45, 2.75) is 90.1 Å². The molecule has 0 spiro atoms. The number of carbonyl (C=O) groups is 3. The van der Waals surface area contributed by atoms with Gasteiger partial charge in [-0.2, -0.15) is 0 Å². The van der Waals surface area contributed by atoms with E-state index < -0.39 is 17.8 Å². The van der Waals surface area contributed by atoms with Crippen molar-refractivity contribution in [3.05, 3.63) is 58.7 Å². The summed E-state index contributed by atoms with van der Waals surface area (Å²) in [6.07, 6.45) is 11.0. The molecule has 4 amide bonds. The molecule has 1 aromatic carbocycles. The summed E-state index contributed by atoms with van der Waals surface area (Å²) in [5, 5.41) is 0. The van der Waals surface area contributed by atoms with E-state index in [1.165, 1.54) is 21.9 Å². The molecule has 3 aliphatic rings. The quantitative estimate of drug-likeness (QED) is 0.385. The van der Waals surface area contributed by atoms with Crippen molar-refractivity contribution in [1.29, 1.82) is 0 Å². The van der Waals surface area contributed by atoms with Gasteiger partial charge in [-0.3, -0.25) is 19.4 Å². The van der Waals surface area contributed by atoms with Crippen molar-refractivity contribution in [2.24, 2.45) is 0 Å². The number of nitrogens with zero attached hydrogens (tertiary/aromatic N) is 3. The second-order valence-electron chi connectivity index (χ2n) is 10.4. The van der Waals surface area contributed by atoms with E-state index in [0.29, 0.717) is 0 Å². The third kappa shape index (κ3) is 4.40. The molecular formula is C29H34FN3O3. The molecular weight excluding hydrogens is 457 g/mol. The number of imide groups is 2. The molecule has 0 radical (unpaired) electrons. The predicted octanol–water partition coefficient (Wildman–Crippen LogP) is 6.07. The van der Waals surface area contributed by atoms with Crippen LogP contribution in [0.3, 0.4) is 0 Å². The number of barbiturate groups is 1. The molecule has 190 valence electrons. The van der Waals surface area contributed by atoms with Crippen LogP contribution in [0.5, 0.6) is 0 Å². The predicted molar refractivity (Wildman–Crippen MR) is 136 cm³/mol. The Morgan fingerprint density at radius 2 is 1.28 bits per heavy atom. The Bertz CT molecular complexity index is 1160. The van der Waals surface area contributed by atoms with E-state index in [1.54, 1.807) is 18.2 Å². The zero-order valence-corrected chi connectivity index (χ0v) is 21.1. The zero-order valence-electron chi connectivity index (χ0n) is 21.1. The second-order valence-corrected chi connectivity index (χ2v) is 10.4. The number of urea groups is 1. The normalized spacial score (nSPS) is 20.4. The molecule has 2 saturated carbocycles. The maximum atomic E-state index is 13.7. The van der Waals surface area contributed by atoms with Crippen molar-refractivity contribution >= 4 is 23.9 Å². The molecule has 2 aromatic rings. The number of halogens is 1. The largest absolute Gasteiger partial charge is 0.334 e. The molecule has 0 atom stereocenters. The topological polar surface area (TPSA) is 62.6 Å². The molecule has 36 heavy (non-hydrogen) atoms. The van der Waals surface area contributed by atoms with E-state index in [2.05, 4.69) is 0 Å². The van der Waals surface area contributed by atoms with E-state index in [4.69, 9.17) is 0 Å². The number of amides is 4. The third-order valence-corrected chi connectivity index (χ3v) is 8.05. The first-order valence-electron chi connectivity index (χ1n) is 13.2. The van der Waals surface area contributed by atoms with Gasteiger partial charge in [-0.05, 0) is 81.5 Å². The first kappa shape index (κ1) is 24.5. The average molecular weight is 492 g/mol. The molecule has 1 saturated heterocycles. The minimum atomic E-state index is -0.476. The van der Waals surface area contributed by atoms with Crippen LogP contribution in [0, 0.1) is 19.7 Å². The van der Waals surface area contributed by atoms with Crippen molar-refractivity contribution in [2.75, 3.05) is 0 Å². The lowest BCUT2D eigenvalue weighted by Gasteiger charge is -2.43. The minimum absolute atomic E-state index is 0.0603. The summed E-state index contributed by atoms with van der Waals surface area (Å²) < 4.78 is 15.5. The van der Waals surface area contributed by atoms with Gasteiger partial charge < -0.3 is 4.57 Å². The highest BCUT2D eigenvalue weighted by Crippen LogP contribution is 2.34. The number of rotatable bonds is 4. The fraction of sp³-hybridized carbons (Fsp3) is 0.483. The Morgan fingerprint density at radius 1 is 0.778 bits per heavy atom. The molecule has 5 rings (SSSR count). The van der Waals surface area contributed by atoms with Gasteiger partial charge in [0.15, 0.2) is 0 Å². The lowest BCUT2D eigenvalue weighted by molar-refractivity contribution is -0.139. The van der Waals surface area contributed by atoms with E-state index in [9.17, 15) is 18.8 Å². The smallest absolute Gasteiger partial charge is 0.318 e. The van der Waals surface area contributed by atoms with Gasteiger partial charge in [0, 0.05) is 29.2 Å². The molecule has 0 unspecified atom stereocenters. The average Bonchev–Trinajstić information content (AvgIpc) is 3.16. The van der Waals surface area contributed by atoms with E-state index in [0.717, 1.165) is 86.8 Å². The summed E-state index contributed by atoms with van der Waals surface area (Å²) in [5.74, 6) is -1.26. The summed E-state index contributed by atoms with van der Waals surface area (Å²) in [4.78, 5) is 43.9. The number of benzene rings is 1. The van der Waals surface area contributed by atoms with Crippen molar-refractivity contribution in [3.8, 4) is 5.69 Å². The SMILES string of the molecule is Cc1cc(C=C2C(=O)N(C3CCCCC3)C(=O)N(C3CCCCC3)C2=O)c(C)n1-c1ccc(F)cc1. The Morgan fingerprint density at radius 3 is 1.78 bits per heavy atom. The third-order valence-electron chi connectivity index (χ3n) is 8.05. The Hall–Kier alpha value is -3.22. The minimum Gasteiger partial charge on any atom is -0.318 e. The Balaban J connectivity index is 1.56. The highest BCUT2D eigenvalue weighted by atomic mass is 19.1. The molecule has 1 aliphatic heterocycles. The van der Waals surface area contributed by atoms with Gasteiger partial charge in [-0.25, -0.2) is 9.18 Å². The standard InChI is InChI=1S/C29H34FN3O3/c1-19-17-21(20(2)31(19)25-15-13-22(30)14-16-25)18-26-27(34)32(23-9-5-3-6-10-23)29(36)33(28(26)35)24-11-7-4-8-12-24/h13-18,23-24H,3-12H2,1-2H3. The molecule has 6 nitrogen and oxygen atoms in total. The van der Waals surface area contributed by atoms with Gasteiger partial charge in [-0.15, -0.1) is 0 Å². The maximum absolute atomic E-state index is 13.7. The van der Waals surface area contributed by atoms with Crippen molar-refractivity contribution < 1.29 is 18.8 Å². The molecule has 0 N–H and O–H groups in total. The Kier molecular flexibility index (Phi) is 6.82. The number of carbonyl (C=O) groups excluding carboxylic acids is 3. The van der Waals surface area contributed by atoms with Gasteiger partial charge in [0.25, 0.3) is 11.8 Å². The van der Waals surface area contributed by atoms with Crippen molar-refractivity contribution in [1.82, 2.24) is 14.4 Å². The molecule has 0 bridgehead atoms. The molecule has 3 fully saturated rings. The van der Waals surface area contributed by atoms with Crippen LogP contribution in [0.1, 0.15) is 81.2 Å². The van der Waals surface area contributed by atoms with Crippen LogP contribution in [-0.2, 0) is 9.59 Å². The fourth-order valence-corrected chi connectivity index (χ4v) is 6.16. The highest BCUT2D eigenvalue weighted by Gasteiger charge is 2.47. The Labute approximate surface area is 211 Å². The molecule has 2 heterocycles. The number of hydrogen-bond acceptors (Lipinski definition) is 3. The first-order chi connectivity index (χ1) is 17.4. The maximum Gasteiger partial charge on any atom is 0.334 e. The van der Waals surface area contributed by atoms with Gasteiger partial charge in [-0.1, -0.05) is 38.5 Å². The number of hydrogen-bond donors (Lipinski definition) is 0. The number of aryl methyl sites for hydroxylation is 1. The summed E-state index contributed by atoms with van der Waals surface area (Å²) >= 11 is 0. The van der Waals surface area contributed by atoms with Crippen LogP contribution in [-0.4, -0.2) is 44.3 Å². The first-order valence-corrected chi connectivity index (χ1v) is 13.2. The zero-order chi connectivity index (χ0) is 25.4. The van der Waals surface area contributed by atoms with Crippen LogP contribution in [0.4, 0.5) is 9.18 Å². The van der Waals surface area contributed by atoms with E-state index >= 15 is 0 Å². The van der Waals surface area contributed by atoms with Crippen LogP contribution >= 0.6 is 0 Å². The monoisotopic (exact) mass is 491 g/mol. The van der Waals surface area contributed by atoms with Gasteiger partial charge in [0.05, 0.1) is 0 Å². The summed E-state index contributed by atoms with van der Waals surface area (Å²) in [5.41, 5.74) is 3.36. The van der Waals surface area contributed by atoms with Crippen LogP contribution in [0.15, 0.2) is 35.9 Å². The van der Waals surface area contributed by atoms with E-state index in [-0.39, 0.29) is 23.5 Å². The summed E-state index contributed by atoms with van der Waals surface area (Å²) in [6, 6.07) is 7.42. The summed E-state index contributed by atoms with van der Waals surface area (Å²) in [6.45, 7) is 3.86. The second kappa shape index (κ2) is 10.0. The summed E-state index contributed by atoms with van der Waals surface area (Å²) in [7, 11) is 0. The number of aromatic nitrogens is 1. The lowest BCUT2D eigenvalue weighted by atomic mass is 9.90. The van der Waals surface area contributed by atoms with Gasteiger partial charge in [0.2, 0.25) is 0 Å². The van der Waals surface area contributed by atoms with Crippen LogP contribution in [0.25, 0.3) is 11.8 Å². The van der Waals surface area contributed by atoms with Crippen LogP contribution in [0.2, 0.25) is 0 Å². The van der Waals surface area contributed by atoms with E-state index in [1.807, 2.05) is 24.5 Å². The fourth-order valence-electron chi connectivity index (χ4n) is 6.16.